The summed E-state index contributed by atoms with van der Waals surface area (Å²) in [5, 5.41) is 3.88. The van der Waals surface area contributed by atoms with Crippen molar-refractivity contribution in [3.8, 4) is 0 Å². The number of fused-ring (bicyclic) bond motifs is 1. The summed E-state index contributed by atoms with van der Waals surface area (Å²) in [5.41, 5.74) is -0.834. The molecule has 25 heavy (non-hydrogen) atoms. The number of amides is 1. The second-order valence-corrected chi connectivity index (χ2v) is 6.10. The normalized spacial score (nSPS) is 20.4. The van der Waals surface area contributed by atoms with E-state index < -0.39 is 18.0 Å². The van der Waals surface area contributed by atoms with Crippen molar-refractivity contribution in [2.45, 2.75) is 31.5 Å². The van der Waals surface area contributed by atoms with Crippen LogP contribution in [0.5, 0.6) is 0 Å². The Balaban J connectivity index is 1.80. The Morgan fingerprint density at radius 2 is 2.00 bits per heavy atom. The molecule has 1 amide bonds. The Morgan fingerprint density at radius 3 is 2.64 bits per heavy atom. The van der Waals surface area contributed by atoms with E-state index in [-0.39, 0.29) is 22.9 Å². The van der Waals surface area contributed by atoms with Crippen LogP contribution >= 0.6 is 0 Å². The van der Waals surface area contributed by atoms with Crippen LogP contribution in [0.3, 0.4) is 0 Å². The van der Waals surface area contributed by atoms with Crippen LogP contribution in [-0.4, -0.2) is 38.5 Å². The van der Waals surface area contributed by atoms with Crippen molar-refractivity contribution in [3.63, 3.8) is 0 Å². The predicted octanol–water partition coefficient (Wildman–Crippen LogP) is 2.96. The maximum Gasteiger partial charge on any atom is 0.433 e. The van der Waals surface area contributed by atoms with Crippen LogP contribution in [0.4, 0.5) is 13.2 Å². The Hall–Kier alpha value is -2.58. The summed E-state index contributed by atoms with van der Waals surface area (Å²) in [7, 11) is 0. The lowest BCUT2D eigenvalue weighted by Crippen LogP contribution is -2.28. The fourth-order valence-electron chi connectivity index (χ4n) is 3.12. The van der Waals surface area contributed by atoms with Gasteiger partial charge in [-0.2, -0.15) is 18.3 Å². The average Bonchev–Trinajstić information content (AvgIpc) is 3.32. The number of alkyl halides is 3. The third kappa shape index (κ3) is 2.83. The fourth-order valence-corrected chi connectivity index (χ4v) is 3.12. The molecule has 0 aliphatic carbocycles. The van der Waals surface area contributed by atoms with E-state index in [4.69, 9.17) is 4.74 Å². The number of carbonyl (C=O) groups excluding carboxylic acids is 1. The summed E-state index contributed by atoms with van der Waals surface area (Å²) >= 11 is 0. The molecule has 2 aliphatic heterocycles. The molecule has 9 heteroatoms. The van der Waals surface area contributed by atoms with Crippen molar-refractivity contribution < 1.29 is 22.7 Å². The van der Waals surface area contributed by atoms with Gasteiger partial charge in [-0.3, -0.25) is 4.79 Å². The van der Waals surface area contributed by atoms with Gasteiger partial charge >= 0.3 is 6.18 Å². The van der Waals surface area contributed by atoms with E-state index in [1.807, 2.05) is 0 Å². The second kappa shape index (κ2) is 5.75. The molecule has 2 aromatic heterocycles. The van der Waals surface area contributed by atoms with Crippen molar-refractivity contribution in [2.24, 2.45) is 0 Å². The van der Waals surface area contributed by atoms with Crippen LogP contribution < -0.4 is 0 Å². The summed E-state index contributed by atoms with van der Waals surface area (Å²) in [4.78, 5) is 18.2. The first-order valence-electron chi connectivity index (χ1n) is 8.01. The Labute approximate surface area is 140 Å². The van der Waals surface area contributed by atoms with Crippen molar-refractivity contribution >= 4 is 11.6 Å². The van der Waals surface area contributed by atoms with Gasteiger partial charge in [0, 0.05) is 25.6 Å². The van der Waals surface area contributed by atoms with E-state index in [0.717, 1.165) is 18.9 Å². The molecule has 0 aromatic carbocycles. The largest absolute Gasteiger partial charge is 0.492 e. The minimum atomic E-state index is -4.62. The summed E-state index contributed by atoms with van der Waals surface area (Å²) in [5.74, 6) is -0.364. The summed E-state index contributed by atoms with van der Waals surface area (Å²) in [6.07, 6.45) is 0.225. The minimum absolute atomic E-state index is 0.0112. The van der Waals surface area contributed by atoms with Crippen molar-refractivity contribution in [2.75, 3.05) is 13.1 Å². The van der Waals surface area contributed by atoms with Gasteiger partial charge in [-0.25, -0.2) is 9.50 Å². The molecule has 1 atom stereocenters. The van der Waals surface area contributed by atoms with E-state index in [9.17, 15) is 18.0 Å². The molecule has 4 heterocycles. The summed E-state index contributed by atoms with van der Waals surface area (Å²) in [6, 6.07) is 2.24. The highest BCUT2D eigenvalue weighted by Crippen LogP contribution is 2.33. The molecule has 1 saturated heterocycles. The van der Waals surface area contributed by atoms with Crippen LogP contribution in [0.1, 0.15) is 47.2 Å². The highest BCUT2D eigenvalue weighted by Gasteiger charge is 2.37. The van der Waals surface area contributed by atoms with E-state index in [2.05, 4.69) is 10.1 Å². The van der Waals surface area contributed by atoms with Gasteiger partial charge in [-0.15, -0.1) is 0 Å². The van der Waals surface area contributed by atoms with Gasteiger partial charge in [0.15, 0.2) is 11.3 Å². The molecule has 2 aliphatic rings. The van der Waals surface area contributed by atoms with Crippen LogP contribution in [0.2, 0.25) is 0 Å². The number of aromatic nitrogens is 3. The van der Waals surface area contributed by atoms with Gasteiger partial charge in [-0.1, -0.05) is 0 Å². The number of nitrogens with zero attached hydrogens (tertiary/aromatic N) is 4. The molecule has 0 bridgehead atoms. The number of rotatable bonds is 2. The standard InChI is InChI=1S/C16H15F3N4O2/c17-16(18,19)13-8-10(12-4-3-7-25-12)20-14-9-11(21-23(13)14)15(24)22-5-1-2-6-22/h3,7-9,12H,1-2,4-6H2. The fraction of sp³-hybridized carbons (Fsp3) is 0.438. The van der Waals surface area contributed by atoms with Gasteiger partial charge in [0.1, 0.15) is 11.8 Å². The van der Waals surface area contributed by atoms with Gasteiger partial charge in [0.25, 0.3) is 5.91 Å². The quantitative estimate of drug-likeness (QED) is 0.834. The third-order valence-electron chi connectivity index (χ3n) is 4.37. The number of halogens is 3. The maximum atomic E-state index is 13.5. The summed E-state index contributed by atoms with van der Waals surface area (Å²) in [6.45, 7) is 1.19. The Morgan fingerprint density at radius 1 is 1.24 bits per heavy atom. The number of hydrogen-bond donors (Lipinski definition) is 0. The molecule has 1 fully saturated rings. The highest BCUT2D eigenvalue weighted by molar-refractivity contribution is 5.93. The monoisotopic (exact) mass is 352 g/mol. The van der Waals surface area contributed by atoms with E-state index in [1.54, 1.807) is 11.0 Å². The molecule has 132 valence electrons. The van der Waals surface area contributed by atoms with E-state index in [0.29, 0.717) is 24.0 Å². The molecule has 4 rings (SSSR count). The molecule has 0 spiro atoms. The lowest BCUT2D eigenvalue weighted by molar-refractivity contribution is -0.142. The topological polar surface area (TPSA) is 59.7 Å². The smallest absolute Gasteiger partial charge is 0.433 e. The van der Waals surface area contributed by atoms with Gasteiger partial charge in [0.05, 0.1) is 12.0 Å². The molecular weight excluding hydrogens is 337 g/mol. The molecular formula is C16H15F3N4O2. The number of likely N-dealkylation sites (tertiary alicyclic amines) is 1. The van der Waals surface area contributed by atoms with Gasteiger partial charge < -0.3 is 9.64 Å². The first kappa shape index (κ1) is 15.9. The van der Waals surface area contributed by atoms with Crippen molar-refractivity contribution in [1.29, 1.82) is 0 Å². The molecule has 2 aromatic rings. The zero-order valence-corrected chi connectivity index (χ0v) is 13.2. The predicted molar refractivity (Wildman–Crippen MR) is 80.7 cm³/mol. The van der Waals surface area contributed by atoms with Crippen LogP contribution in [0, 0.1) is 0 Å². The van der Waals surface area contributed by atoms with E-state index >= 15 is 0 Å². The third-order valence-corrected chi connectivity index (χ3v) is 4.37. The first-order valence-corrected chi connectivity index (χ1v) is 8.01. The first-order chi connectivity index (χ1) is 11.9. The lowest BCUT2D eigenvalue weighted by Gasteiger charge is -2.14. The molecule has 1 unspecified atom stereocenters. The number of hydrogen-bond acceptors (Lipinski definition) is 4. The Bertz CT molecular complexity index is 845. The second-order valence-electron chi connectivity index (χ2n) is 6.10. The molecule has 6 nitrogen and oxygen atoms in total. The zero-order chi connectivity index (χ0) is 17.6. The maximum absolute atomic E-state index is 13.5. The molecule has 0 saturated carbocycles. The summed E-state index contributed by atoms with van der Waals surface area (Å²) < 4.78 is 46.3. The van der Waals surface area contributed by atoms with Crippen LogP contribution in [0.25, 0.3) is 5.65 Å². The minimum Gasteiger partial charge on any atom is -0.492 e. The Kier molecular flexibility index (Phi) is 3.66. The highest BCUT2D eigenvalue weighted by atomic mass is 19.4. The molecule has 0 N–H and O–H groups in total. The lowest BCUT2D eigenvalue weighted by atomic mass is 10.1. The average molecular weight is 352 g/mol. The SMILES string of the molecule is O=C(c1cc2nc(C3CC=CO3)cc(C(F)(F)F)n2n1)N1CCCC1. The molecule has 0 radical (unpaired) electrons. The van der Waals surface area contributed by atoms with Gasteiger partial charge in [-0.05, 0) is 25.0 Å². The number of carbonyl (C=O) groups is 1. The van der Waals surface area contributed by atoms with Crippen molar-refractivity contribution in [3.05, 3.63) is 41.6 Å². The van der Waals surface area contributed by atoms with Crippen LogP contribution in [-0.2, 0) is 10.9 Å². The zero-order valence-electron chi connectivity index (χ0n) is 13.2. The number of ether oxygens (including phenoxy) is 1. The van der Waals surface area contributed by atoms with Gasteiger partial charge in [0.2, 0.25) is 0 Å². The van der Waals surface area contributed by atoms with Crippen LogP contribution in [0.15, 0.2) is 24.5 Å². The van der Waals surface area contributed by atoms with Crippen molar-refractivity contribution in [1.82, 2.24) is 19.5 Å². The van der Waals surface area contributed by atoms with E-state index in [1.165, 1.54) is 12.3 Å².